The van der Waals surface area contributed by atoms with Gasteiger partial charge in [-0.25, -0.2) is 0 Å². The van der Waals surface area contributed by atoms with Crippen molar-refractivity contribution in [2.45, 2.75) is 52.6 Å². The molecule has 0 aromatic heterocycles. The smallest absolute Gasteiger partial charge is 0.193 e. The summed E-state index contributed by atoms with van der Waals surface area (Å²) >= 11 is 0. The van der Waals surface area contributed by atoms with Crippen molar-refractivity contribution in [2.75, 3.05) is 31.1 Å². The van der Waals surface area contributed by atoms with Crippen LogP contribution in [0.1, 0.15) is 55.4 Å². The van der Waals surface area contributed by atoms with E-state index in [9.17, 15) is 10.2 Å². The molecule has 0 radical (unpaired) electrons. The number of benzene rings is 2. The quantitative estimate of drug-likeness (QED) is 0.620. The fraction of sp³-hybridized carbons (Fsp3) is 0.444. The van der Waals surface area contributed by atoms with Gasteiger partial charge in [0.05, 0.1) is 17.3 Å². The molecule has 1 atom stereocenters. The fourth-order valence-electron chi connectivity index (χ4n) is 4.63. The van der Waals surface area contributed by atoms with Gasteiger partial charge < -0.3 is 15.5 Å². The lowest BCUT2D eigenvalue weighted by Gasteiger charge is -2.28. The Kier molecular flexibility index (Phi) is 7.05. The maximum absolute atomic E-state index is 11.0. The highest BCUT2D eigenvalue weighted by Gasteiger charge is 2.26. The first-order valence-corrected chi connectivity index (χ1v) is 12.0. The van der Waals surface area contributed by atoms with Crippen LogP contribution in [-0.4, -0.2) is 53.2 Å². The summed E-state index contributed by atoms with van der Waals surface area (Å²) in [4.78, 5) is 9.12. The molecule has 6 heteroatoms. The highest BCUT2D eigenvalue weighted by atomic mass is 16.3. The summed E-state index contributed by atoms with van der Waals surface area (Å²) < 4.78 is 0. The SMILES string of the molecule is Cc1cc(O)c(C2=NC(C)CC=C(O)N2c2ccc(CN3CCNCC3)cc2)cc1C(C)C. The highest BCUT2D eigenvalue weighted by molar-refractivity contribution is 6.13. The molecule has 1 fully saturated rings. The summed E-state index contributed by atoms with van der Waals surface area (Å²) in [6, 6.07) is 12.1. The normalized spacial score (nSPS) is 19.9. The summed E-state index contributed by atoms with van der Waals surface area (Å²) in [6.45, 7) is 13.4. The lowest BCUT2D eigenvalue weighted by Crippen LogP contribution is -2.42. The predicted molar refractivity (Wildman–Crippen MR) is 135 cm³/mol. The van der Waals surface area contributed by atoms with Crippen LogP contribution in [0, 0.1) is 6.92 Å². The zero-order valence-electron chi connectivity index (χ0n) is 20.2. The van der Waals surface area contributed by atoms with E-state index in [1.807, 2.05) is 38.1 Å². The van der Waals surface area contributed by atoms with Crippen LogP contribution in [0.5, 0.6) is 5.75 Å². The third-order valence-corrected chi connectivity index (χ3v) is 6.48. The van der Waals surface area contributed by atoms with Crippen molar-refractivity contribution in [3.8, 4) is 5.75 Å². The van der Waals surface area contributed by atoms with Crippen molar-refractivity contribution < 1.29 is 10.2 Å². The first-order chi connectivity index (χ1) is 15.8. The fourth-order valence-corrected chi connectivity index (χ4v) is 4.63. The molecule has 176 valence electrons. The Morgan fingerprint density at radius 1 is 1.09 bits per heavy atom. The largest absolute Gasteiger partial charge is 0.507 e. The van der Waals surface area contributed by atoms with Gasteiger partial charge >= 0.3 is 0 Å². The molecule has 0 saturated carbocycles. The van der Waals surface area contributed by atoms with Gasteiger partial charge in [-0.15, -0.1) is 0 Å². The summed E-state index contributed by atoms with van der Waals surface area (Å²) in [6.07, 6.45) is 2.45. The number of aromatic hydroxyl groups is 1. The van der Waals surface area contributed by atoms with Gasteiger partial charge in [-0.1, -0.05) is 26.0 Å². The molecule has 1 saturated heterocycles. The Bertz CT molecular complexity index is 1040. The van der Waals surface area contributed by atoms with Gasteiger partial charge in [-0.2, -0.15) is 0 Å². The Morgan fingerprint density at radius 2 is 1.79 bits per heavy atom. The number of nitrogens with zero attached hydrogens (tertiary/aromatic N) is 3. The molecule has 0 amide bonds. The lowest BCUT2D eigenvalue weighted by atomic mass is 9.94. The predicted octanol–water partition coefficient (Wildman–Crippen LogP) is 4.67. The number of nitrogens with one attached hydrogen (secondary N) is 1. The number of aliphatic hydroxyl groups excluding tert-OH is 1. The molecular weight excluding hydrogens is 412 g/mol. The number of piperazine rings is 1. The zero-order valence-corrected chi connectivity index (χ0v) is 20.2. The molecule has 4 rings (SSSR count). The number of anilines is 1. The molecule has 2 heterocycles. The lowest BCUT2D eigenvalue weighted by molar-refractivity contribution is 0.233. The van der Waals surface area contributed by atoms with Crippen molar-refractivity contribution in [3.63, 3.8) is 0 Å². The van der Waals surface area contributed by atoms with E-state index in [-0.39, 0.29) is 17.7 Å². The second kappa shape index (κ2) is 9.98. The van der Waals surface area contributed by atoms with E-state index < -0.39 is 0 Å². The summed E-state index contributed by atoms with van der Waals surface area (Å²) in [5.41, 5.74) is 4.93. The van der Waals surface area contributed by atoms with E-state index >= 15 is 0 Å². The Hall–Kier alpha value is -2.83. The van der Waals surface area contributed by atoms with Crippen LogP contribution >= 0.6 is 0 Å². The molecule has 6 nitrogen and oxygen atoms in total. The van der Waals surface area contributed by atoms with E-state index in [4.69, 9.17) is 4.99 Å². The maximum Gasteiger partial charge on any atom is 0.193 e. The Morgan fingerprint density at radius 3 is 2.45 bits per heavy atom. The molecule has 2 aliphatic heterocycles. The molecule has 1 unspecified atom stereocenters. The molecule has 0 spiro atoms. The standard InChI is InChI=1S/C27H36N4O2/c1-18(2)23-16-24(25(32)15-19(23)3)27-29-20(4)5-10-26(33)31(27)22-8-6-21(7-9-22)17-30-13-11-28-12-14-30/h6-10,15-16,18,20,28,32-33H,5,11-14,17H2,1-4H3. The Balaban J connectivity index is 1.71. The minimum Gasteiger partial charge on any atom is -0.507 e. The van der Waals surface area contributed by atoms with Crippen molar-refractivity contribution in [3.05, 3.63) is 70.6 Å². The number of aliphatic imine (C=N–C) groups is 1. The van der Waals surface area contributed by atoms with Crippen LogP contribution in [0.2, 0.25) is 0 Å². The van der Waals surface area contributed by atoms with Crippen LogP contribution in [0.3, 0.4) is 0 Å². The van der Waals surface area contributed by atoms with E-state index in [1.54, 1.807) is 11.0 Å². The van der Waals surface area contributed by atoms with Crippen molar-refractivity contribution in [1.29, 1.82) is 0 Å². The van der Waals surface area contributed by atoms with E-state index in [0.29, 0.717) is 23.7 Å². The van der Waals surface area contributed by atoms with Crippen LogP contribution in [0.15, 0.2) is 53.3 Å². The molecule has 2 aromatic carbocycles. The zero-order chi connectivity index (χ0) is 23.5. The van der Waals surface area contributed by atoms with E-state index in [2.05, 4.69) is 36.2 Å². The molecular formula is C27H36N4O2. The molecule has 3 N–H and O–H groups in total. The number of amidine groups is 1. The van der Waals surface area contributed by atoms with Gasteiger partial charge in [0.2, 0.25) is 0 Å². The monoisotopic (exact) mass is 448 g/mol. The van der Waals surface area contributed by atoms with Crippen LogP contribution in [0.4, 0.5) is 5.69 Å². The molecule has 2 aromatic rings. The first kappa shape index (κ1) is 23.3. The van der Waals surface area contributed by atoms with Crippen LogP contribution in [0.25, 0.3) is 0 Å². The number of rotatable bonds is 5. The first-order valence-electron chi connectivity index (χ1n) is 12.0. The summed E-state index contributed by atoms with van der Waals surface area (Å²) in [7, 11) is 0. The van der Waals surface area contributed by atoms with Gasteiger partial charge in [-0.3, -0.25) is 14.8 Å². The molecule has 0 aliphatic carbocycles. The number of phenolic OH excluding ortho intramolecular Hbond substituents is 1. The molecule has 0 bridgehead atoms. The molecule has 33 heavy (non-hydrogen) atoms. The van der Waals surface area contributed by atoms with Gasteiger partial charge in [0, 0.05) is 32.7 Å². The summed E-state index contributed by atoms with van der Waals surface area (Å²) in [5.74, 6) is 1.20. The summed E-state index contributed by atoms with van der Waals surface area (Å²) in [5, 5.41) is 25.3. The number of aliphatic hydroxyl groups is 1. The van der Waals surface area contributed by atoms with Crippen molar-refractivity contribution >= 4 is 11.5 Å². The second-order valence-electron chi connectivity index (χ2n) is 9.51. The minimum absolute atomic E-state index is 0.0117. The Labute approximate surface area is 197 Å². The average Bonchev–Trinajstić information content (AvgIpc) is 2.93. The maximum atomic E-state index is 11.0. The van der Waals surface area contributed by atoms with E-state index in [0.717, 1.165) is 49.5 Å². The number of phenols is 1. The van der Waals surface area contributed by atoms with E-state index in [1.165, 1.54) is 5.56 Å². The highest BCUT2D eigenvalue weighted by Crippen LogP contribution is 2.33. The van der Waals surface area contributed by atoms with Crippen molar-refractivity contribution in [2.24, 2.45) is 4.99 Å². The van der Waals surface area contributed by atoms with Gasteiger partial charge in [-0.05, 0) is 73.2 Å². The average molecular weight is 449 g/mol. The minimum atomic E-state index is -0.0117. The molecule has 2 aliphatic rings. The number of hydrogen-bond acceptors (Lipinski definition) is 6. The van der Waals surface area contributed by atoms with Crippen LogP contribution < -0.4 is 10.2 Å². The number of hydrogen-bond donors (Lipinski definition) is 3. The third kappa shape index (κ3) is 5.23. The third-order valence-electron chi connectivity index (χ3n) is 6.48. The van der Waals surface area contributed by atoms with Gasteiger partial charge in [0.25, 0.3) is 0 Å². The van der Waals surface area contributed by atoms with Crippen LogP contribution in [-0.2, 0) is 6.54 Å². The second-order valence-corrected chi connectivity index (χ2v) is 9.51. The number of aryl methyl sites for hydroxylation is 1. The van der Waals surface area contributed by atoms with Gasteiger partial charge in [0.15, 0.2) is 5.88 Å². The topological polar surface area (TPSA) is 71.3 Å². The van der Waals surface area contributed by atoms with Gasteiger partial charge in [0.1, 0.15) is 11.6 Å². The van der Waals surface area contributed by atoms with Crippen molar-refractivity contribution in [1.82, 2.24) is 10.2 Å².